The topological polar surface area (TPSA) is 116 Å². The van der Waals surface area contributed by atoms with Crippen LogP contribution >= 0.6 is 11.8 Å². The summed E-state index contributed by atoms with van der Waals surface area (Å²) in [6, 6.07) is 5.24. The number of nitrogens with zero attached hydrogens (tertiary/aromatic N) is 4. The van der Waals surface area contributed by atoms with Gasteiger partial charge in [-0.2, -0.15) is 4.31 Å². The number of pyridine rings is 1. The summed E-state index contributed by atoms with van der Waals surface area (Å²) in [4.78, 5) is 38.8. The molecule has 2 aromatic rings. The normalized spacial score (nSPS) is 19.6. The van der Waals surface area contributed by atoms with E-state index in [0.29, 0.717) is 36.5 Å². The molecule has 1 fully saturated rings. The van der Waals surface area contributed by atoms with E-state index in [9.17, 15) is 18.0 Å². The van der Waals surface area contributed by atoms with Crippen molar-refractivity contribution in [1.29, 1.82) is 0 Å². The minimum atomic E-state index is -3.36. The smallest absolute Gasteiger partial charge is 0.254 e. The molecule has 2 aliphatic rings. The average Bonchev–Trinajstić information content (AvgIpc) is 3.22. The lowest BCUT2D eigenvalue weighted by atomic mass is 10.1. The van der Waals surface area contributed by atoms with Crippen molar-refractivity contribution in [3.8, 4) is 0 Å². The number of likely N-dealkylation sites (tertiary alicyclic amines) is 1. The predicted molar refractivity (Wildman–Crippen MR) is 112 cm³/mol. The first-order chi connectivity index (χ1) is 14.3. The number of nitrogens with one attached hydrogen (secondary N) is 1. The first-order valence-electron chi connectivity index (χ1n) is 9.73. The standard InChI is InChI=1S/C19H23N5O4S2/c1-30(27,28)23-10-7-13-14(11-23)21-18(22-19(13)26)15-5-4-9-24(15)17(25)12-29-16-6-2-3-8-20-16/h2-3,6,8,15H,4-5,7,9-12H2,1H3,(H,21,22,26)/t15-/m0/s1. The number of amides is 1. The Kier molecular flexibility index (Phi) is 5.94. The van der Waals surface area contributed by atoms with E-state index in [1.54, 1.807) is 11.1 Å². The van der Waals surface area contributed by atoms with Crippen LogP contribution in [-0.2, 0) is 27.8 Å². The van der Waals surface area contributed by atoms with E-state index in [4.69, 9.17) is 0 Å². The number of carbonyl (C=O) groups is 1. The fourth-order valence-corrected chi connectivity index (χ4v) is 5.40. The van der Waals surface area contributed by atoms with E-state index in [2.05, 4.69) is 15.0 Å². The molecule has 0 bridgehead atoms. The van der Waals surface area contributed by atoms with Crippen molar-refractivity contribution in [2.45, 2.75) is 36.9 Å². The van der Waals surface area contributed by atoms with Crippen LogP contribution in [0.25, 0.3) is 0 Å². The number of hydrogen-bond acceptors (Lipinski definition) is 7. The van der Waals surface area contributed by atoms with Crippen molar-refractivity contribution in [3.05, 3.63) is 51.8 Å². The van der Waals surface area contributed by atoms with Gasteiger partial charge in [-0.3, -0.25) is 9.59 Å². The van der Waals surface area contributed by atoms with Crippen molar-refractivity contribution in [3.63, 3.8) is 0 Å². The van der Waals surface area contributed by atoms with Crippen LogP contribution in [0.2, 0.25) is 0 Å². The Balaban J connectivity index is 1.53. The molecule has 0 saturated carbocycles. The van der Waals surface area contributed by atoms with Crippen molar-refractivity contribution in [2.75, 3.05) is 25.1 Å². The molecule has 30 heavy (non-hydrogen) atoms. The van der Waals surface area contributed by atoms with Crippen molar-refractivity contribution in [1.82, 2.24) is 24.2 Å². The third-order valence-corrected chi connectivity index (χ3v) is 7.57. The molecule has 1 saturated heterocycles. The van der Waals surface area contributed by atoms with E-state index in [0.717, 1.165) is 17.7 Å². The molecule has 1 amide bonds. The zero-order valence-corrected chi connectivity index (χ0v) is 18.2. The van der Waals surface area contributed by atoms with Crippen LogP contribution in [0, 0.1) is 0 Å². The lowest BCUT2D eigenvalue weighted by Gasteiger charge is -2.28. The summed E-state index contributed by atoms with van der Waals surface area (Å²) in [7, 11) is -3.36. The molecule has 4 rings (SSSR count). The van der Waals surface area contributed by atoms with Crippen LogP contribution in [0.3, 0.4) is 0 Å². The van der Waals surface area contributed by atoms with Crippen molar-refractivity contribution >= 4 is 27.7 Å². The zero-order chi connectivity index (χ0) is 21.3. The van der Waals surface area contributed by atoms with Gasteiger partial charge in [-0.1, -0.05) is 17.8 Å². The van der Waals surface area contributed by atoms with Gasteiger partial charge in [-0.05, 0) is 31.4 Å². The van der Waals surface area contributed by atoms with Gasteiger partial charge in [0.05, 0.1) is 35.3 Å². The monoisotopic (exact) mass is 449 g/mol. The molecule has 0 aromatic carbocycles. The Bertz CT molecular complexity index is 1100. The average molecular weight is 450 g/mol. The highest BCUT2D eigenvalue weighted by Gasteiger charge is 2.33. The van der Waals surface area contributed by atoms with Gasteiger partial charge in [-0.15, -0.1) is 0 Å². The summed E-state index contributed by atoms with van der Waals surface area (Å²) in [6.07, 6.45) is 4.70. The number of H-pyrrole nitrogens is 1. The van der Waals surface area contributed by atoms with Gasteiger partial charge >= 0.3 is 0 Å². The molecule has 0 radical (unpaired) electrons. The molecule has 1 atom stereocenters. The van der Waals surface area contributed by atoms with Gasteiger partial charge in [-0.25, -0.2) is 18.4 Å². The second-order valence-corrected chi connectivity index (χ2v) is 10.4. The summed E-state index contributed by atoms with van der Waals surface area (Å²) >= 11 is 1.37. The summed E-state index contributed by atoms with van der Waals surface area (Å²) in [5.41, 5.74) is 0.762. The fourth-order valence-electron chi connectivity index (χ4n) is 3.88. The van der Waals surface area contributed by atoms with Gasteiger partial charge in [0.2, 0.25) is 15.9 Å². The molecule has 160 valence electrons. The second kappa shape index (κ2) is 8.48. The third kappa shape index (κ3) is 4.42. The van der Waals surface area contributed by atoms with Gasteiger partial charge in [0.1, 0.15) is 5.82 Å². The molecule has 4 heterocycles. The van der Waals surface area contributed by atoms with Crippen LogP contribution in [0.15, 0.2) is 34.2 Å². The Morgan fingerprint density at radius 3 is 2.90 bits per heavy atom. The van der Waals surface area contributed by atoms with Crippen molar-refractivity contribution in [2.24, 2.45) is 0 Å². The number of aromatic nitrogens is 3. The number of aromatic amines is 1. The Hall–Kier alpha value is -2.24. The van der Waals surface area contributed by atoms with E-state index in [-0.39, 0.29) is 36.4 Å². The number of rotatable bonds is 5. The highest BCUT2D eigenvalue weighted by molar-refractivity contribution is 7.99. The molecule has 0 aliphatic carbocycles. The highest BCUT2D eigenvalue weighted by atomic mass is 32.2. The molecular formula is C19H23N5O4S2. The van der Waals surface area contributed by atoms with Gasteiger partial charge < -0.3 is 9.88 Å². The minimum Gasteiger partial charge on any atom is -0.332 e. The quantitative estimate of drug-likeness (QED) is 0.675. The zero-order valence-electron chi connectivity index (χ0n) is 16.6. The minimum absolute atomic E-state index is 0.0358. The molecular weight excluding hydrogens is 426 g/mol. The van der Waals surface area contributed by atoms with Gasteiger partial charge in [0.25, 0.3) is 5.56 Å². The second-order valence-electron chi connectivity index (χ2n) is 7.42. The number of fused-ring (bicyclic) bond motifs is 1. The largest absolute Gasteiger partial charge is 0.332 e. The summed E-state index contributed by atoms with van der Waals surface area (Å²) in [5, 5.41) is 0.780. The summed E-state index contributed by atoms with van der Waals surface area (Å²) in [5.74, 6) is 0.652. The number of sulfonamides is 1. The number of carbonyl (C=O) groups excluding carboxylic acids is 1. The van der Waals surface area contributed by atoms with Crippen LogP contribution in [0.5, 0.6) is 0 Å². The third-order valence-electron chi connectivity index (χ3n) is 5.40. The lowest BCUT2D eigenvalue weighted by Crippen LogP contribution is -2.40. The van der Waals surface area contributed by atoms with Gasteiger partial charge in [0.15, 0.2) is 0 Å². The highest BCUT2D eigenvalue weighted by Crippen LogP contribution is 2.31. The first kappa shape index (κ1) is 21.0. The maximum absolute atomic E-state index is 12.8. The summed E-state index contributed by atoms with van der Waals surface area (Å²) < 4.78 is 25.1. The van der Waals surface area contributed by atoms with Crippen LogP contribution < -0.4 is 5.56 Å². The molecule has 2 aliphatic heterocycles. The number of hydrogen-bond donors (Lipinski definition) is 1. The van der Waals surface area contributed by atoms with Crippen molar-refractivity contribution < 1.29 is 13.2 Å². The molecule has 0 spiro atoms. The Morgan fingerprint density at radius 2 is 2.17 bits per heavy atom. The maximum Gasteiger partial charge on any atom is 0.254 e. The van der Waals surface area contributed by atoms with E-state index in [1.165, 1.54) is 16.1 Å². The number of thioether (sulfide) groups is 1. The molecule has 2 aromatic heterocycles. The molecule has 0 unspecified atom stereocenters. The molecule has 11 heteroatoms. The molecule has 9 nitrogen and oxygen atoms in total. The fraction of sp³-hybridized carbons (Fsp3) is 0.474. The van der Waals surface area contributed by atoms with Gasteiger partial charge in [0, 0.05) is 24.8 Å². The Labute approximate surface area is 179 Å². The van der Waals surface area contributed by atoms with E-state index in [1.807, 2.05) is 18.2 Å². The SMILES string of the molecule is CS(=O)(=O)N1CCc2c(nc([C@@H]3CCCN3C(=O)CSc3ccccn3)[nH]c2=O)C1. The lowest BCUT2D eigenvalue weighted by molar-refractivity contribution is -0.129. The van der Waals surface area contributed by atoms with Crippen LogP contribution in [-0.4, -0.2) is 63.6 Å². The summed E-state index contributed by atoms with van der Waals surface area (Å²) in [6.45, 7) is 0.957. The van der Waals surface area contributed by atoms with E-state index >= 15 is 0 Å². The van der Waals surface area contributed by atoms with E-state index < -0.39 is 10.0 Å². The predicted octanol–water partition coefficient (Wildman–Crippen LogP) is 0.938. The molecule has 1 N–H and O–H groups in total. The first-order valence-corrected chi connectivity index (χ1v) is 12.6. The van der Waals surface area contributed by atoms with Crippen LogP contribution in [0.1, 0.15) is 36.0 Å². The maximum atomic E-state index is 12.8. The van der Waals surface area contributed by atoms with Crippen LogP contribution in [0.4, 0.5) is 0 Å². The Morgan fingerprint density at radius 1 is 1.33 bits per heavy atom.